The first kappa shape index (κ1) is 54.6. The van der Waals surface area contributed by atoms with Gasteiger partial charge in [-0.3, -0.25) is 14.4 Å². The molecule has 3 radical (unpaired) electrons. The number of amides is 2. The molecule has 0 fully saturated rings. The fourth-order valence-electron chi connectivity index (χ4n) is 5.40. The second-order valence-corrected chi connectivity index (χ2v) is 15.0. The molecule has 0 aromatic carbocycles. The number of hydrogen-bond acceptors (Lipinski definition) is 12. The summed E-state index contributed by atoms with van der Waals surface area (Å²) >= 11 is 11.8. The van der Waals surface area contributed by atoms with Crippen LogP contribution in [0, 0.1) is 11.8 Å². The predicted molar refractivity (Wildman–Crippen MR) is 234 cm³/mol. The minimum absolute atomic E-state index is 0. The third kappa shape index (κ3) is 15.2. The molecule has 24 heteroatoms. The van der Waals surface area contributed by atoms with Gasteiger partial charge in [0.15, 0.2) is 5.78 Å². The number of carbonyl (C=O) groups excluding carboxylic acids is 3. The molecule has 339 valence electrons. The van der Waals surface area contributed by atoms with Crippen LogP contribution in [-0.4, -0.2) is 61.0 Å². The Bertz CT molecular complexity index is 2640. The van der Waals surface area contributed by atoms with Gasteiger partial charge in [0.2, 0.25) is 0 Å². The Morgan fingerprint density at radius 3 is 1.45 bits per heavy atom. The number of rotatable bonds is 12. The molecule has 0 spiro atoms. The first-order valence-corrected chi connectivity index (χ1v) is 19.5. The number of anilines is 6. The van der Waals surface area contributed by atoms with Crippen molar-refractivity contribution in [2.45, 2.75) is 46.2 Å². The Balaban J connectivity index is 0.000000440. The Morgan fingerprint density at radius 1 is 0.606 bits per heavy atom. The first-order chi connectivity index (χ1) is 30.1. The molecule has 6 aromatic rings. The molecule has 5 N–H and O–H groups in total. The van der Waals surface area contributed by atoms with E-state index in [0.29, 0.717) is 23.6 Å². The van der Waals surface area contributed by atoms with Crippen molar-refractivity contribution < 1.29 is 76.8 Å². The maximum Gasteiger partial charge on any atom is 1.00 e. The molecule has 6 rings (SSSR count). The van der Waals surface area contributed by atoms with Gasteiger partial charge in [0.05, 0.1) is 41.0 Å². The predicted octanol–water partition coefficient (Wildman–Crippen LogP) is 7.34. The van der Waals surface area contributed by atoms with Crippen LogP contribution in [0.15, 0.2) is 97.8 Å². The smallest absolute Gasteiger partial charge is 1.00 e. The second-order valence-electron chi connectivity index (χ2n) is 14.2. The molecule has 6 aromatic heterocycles. The zero-order chi connectivity index (χ0) is 46.9. The van der Waals surface area contributed by atoms with Crippen molar-refractivity contribution in [1.82, 2.24) is 29.9 Å². The van der Waals surface area contributed by atoms with Gasteiger partial charge in [-0.1, -0.05) is 50.9 Å². The summed E-state index contributed by atoms with van der Waals surface area (Å²) in [5.74, 6) is -1.06. The average Bonchev–Trinajstić information content (AvgIpc) is 3.24. The molecular formula is C42H37BCl2F6N10NaO4. The summed E-state index contributed by atoms with van der Waals surface area (Å²) in [6.07, 6.45) is -3.09. The summed E-state index contributed by atoms with van der Waals surface area (Å²) in [7, 11) is 0. The summed E-state index contributed by atoms with van der Waals surface area (Å²) in [5.41, 5.74) is -0.191. The zero-order valence-electron chi connectivity index (χ0n) is 36.4. The molecule has 1 unspecified atom stereocenters. The number of halogens is 8. The number of aliphatic hydroxyl groups excluding tert-OH is 1. The third-order valence-electron chi connectivity index (χ3n) is 8.75. The summed E-state index contributed by atoms with van der Waals surface area (Å²) in [5, 5.41) is 21.5. The molecule has 6 heterocycles. The Morgan fingerprint density at radius 2 is 1.05 bits per heavy atom. The maximum atomic E-state index is 12.8. The Hall–Kier alpha value is -5.71. The summed E-state index contributed by atoms with van der Waals surface area (Å²) in [6, 6.07) is 12.7. The minimum atomic E-state index is -4.49. The van der Waals surface area contributed by atoms with E-state index in [9.17, 15) is 45.8 Å². The van der Waals surface area contributed by atoms with Crippen LogP contribution >= 0.6 is 23.2 Å². The van der Waals surface area contributed by atoms with Gasteiger partial charge in [-0.2, -0.15) is 26.3 Å². The van der Waals surface area contributed by atoms with E-state index >= 15 is 0 Å². The number of ketones is 1. The van der Waals surface area contributed by atoms with E-state index in [2.05, 4.69) is 51.2 Å². The van der Waals surface area contributed by atoms with Gasteiger partial charge in [0.1, 0.15) is 33.6 Å². The Labute approximate surface area is 409 Å². The number of alkyl halides is 6. The molecule has 1 atom stereocenters. The molecule has 66 heavy (non-hydrogen) atoms. The van der Waals surface area contributed by atoms with Crippen LogP contribution in [-0.2, 0) is 12.4 Å². The van der Waals surface area contributed by atoms with E-state index in [1.54, 1.807) is 13.8 Å². The van der Waals surface area contributed by atoms with E-state index in [-0.39, 0.29) is 113 Å². The number of aliphatic hydroxyl groups is 1. The van der Waals surface area contributed by atoms with Crippen LogP contribution in [0.3, 0.4) is 0 Å². The van der Waals surface area contributed by atoms with Crippen molar-refractivity contribution in [3.63, 3.8) is 0 Å². The number of nitrogens with zero attached hydrogens (tertiary/aromatic N) is 6. The van der Waals surface area contributed by atoms with Gasteiger partial charge in [0.25, 0.3) is 11.8 Å². The number of carbonyl (C=O) groups is 3. The molecule has 0 bridgehead atoms. The van der Waals surface area contributed by atoms with Crippen LogP contribution in [0.4, 0.5) is 61.0 Å². The quantitative estimate of drug-likeness (QED) is 0.0355. The molecule has 14 nitrogen and oxygen atoms in total. The number of nitrogens with one attached hydrogen (secondary N) is 4. The summed E-state index contributed by atoms with van der Waals surface area (Å²) in [4.78, 5) is 61.3. The molecule has 0 saturated heterocycles. The average molecular weight is 965 g/mol. The third-order valence-corrected chi connectivity index (χ3v) is 9.16. The monoisotopic (exact) mass is 963 g/mol. The van der Waals surface area contributed by atoms with Crippen molar-refractivity contribution >= 4 is 83.9 Å². The van der Waals surface area contributed by atoms with Crippen molar-refractivity contribution in [3.05, 3.63) is 142 Å². The van der Waals surface area contributed by atoms with Gasteiger partial charge >= 0.3 is 41.9 Å². The van der Waals surface area contributed by atoms with E-state index < -0.39 is 41.4 Å². The van der Waals surface area contributed by atoms with Crippen LogP contribution in [0.5, 0.6) is 0 Å². The van der Waals surface area contributed by atoms with Crippen molar-refractivity contribution in [1.29, 1.82) is 0 Å². The zero-order valence-corrected chi connectivity index (χ0v) is 38.9. The normalized spacial score (nSPS) is 11.6. The van der Waals surface area contributed by atoms with E-state index in [1.165, 1.54) is 61.2 Å². The first-order valence-electron chi connectivity index (χ1n) is 18.8. The molecule has 0 aliphatic heterocycles. The molecule has 0 aliphatic rings. The summed E-state index contributed by atoms with van der Waals surface area (Å²) in [6.45, 7) is 7.08. The second kappa shape index (κ2) is 23.7. The van der Waals surface area contributed by atoms with Crippen molar-refractivity contribution in [3.8, 4) is 0 Å². The standard InChI is InChI=1S/C21H19ClF3N5O2.C21H17ClF3N5O2.B.Na.H/c2*1-11(2)19(31)14-8-16(22)27-10-15(14)29-20(32)12-5-6-26-18(7-12)30-17-4-3-13(9-28-17)21(23,24)25;;;/h3-11,19,31H,1-2H3,(H,29,32)(H,26,28,30);3-11H,1-2H3,(H,29,32)(H,26,28,30);;;/q;;;+1;-1. The van der Waals surface area contributed by atoms with Crippen LogP contribution in [0.2, 0.25) is 10.3 Å². The van der Waals surface area contributed by atoms with Crippen molar-refractivity contribution in [2.75, 3.05) is 21.3 Å². The SMILES string of the molecule is CC(C)C(=O)c1cc(Cl)ncc1NC(=O)c1ccnc(Nc2ccc(C(F)(F)F)cn2)c1.CC(C)C(O)c1cc(Cl)ncc1NC(=O)c1ccnc(Nc2ccc(C(F)(F)F)cn2)c1.[B].[H-].[Na+]. The summed E-state index contributed by atoms with van der Waals surface area (Å²) < 4.78 is 76.0. The minimum Gasteiger partial charge on any atom is -1.00 e. The maximum absolute atomic E-state index is 12.8. The molecule has 0 aliphatic carbocycles. The molecule has 2 amide bonds. The number of aromatic nitrogens is 6. The largest absolute Gasteiger partial charge is 1.00 e. The van der Waals surface area contributed by atoms with E-state index in [4.69, 9.17) is 23.2 Å². The van der Waals surface area contributed by atoms with Crippen molar-refractivity contribution in [2.24, 2.45) is 11.8 Å². The Kier molecular flexibility index (Phi) is 19.6. The van der Waals surface area contributed by atoms with Gasteiger partial charge in [-0.05, 0) is 66.6 Å². The van der Waals surface area contributed by atoms with Gasteiger partial charge < -0.3 is 27.8 Å². The topological polar surface area (TPSA) is 197 Å². The van der Waals surface area contributed by atoms with Gasteiger partial charge in [-0.25, -0.2) is 29.9 Å². The van der Waals surface area contributed by atoms with Gasteiger partial charge in [-0.15, -0.1) is 0 Å². The van der Waals surface area contributed by atoms with Crippen LogP contribution < -0.4 is 50.8 Å². The number of hydrogen-bond donors (Lipinski definition) is 5. The van der Waals surface area contributed by atoms with Gasteiger partial charge in [0, 0.05) is 61.4 Å². The van der Waals surface area contributed by atoms with E-state index in [1.807, 2.05) is 13.8 Å². The van der Waals surface area contributed by atoms with Crippen LogP contribution in [0.1, 0.15) is 83.0 Å². The molecule has 0 saturated carbocycles. The van der Waals surface area contributed by atoms with E-state index in [0.717, 1.165) is 24.3 Å². The fraction of sp³-hybridized carbons (Fsp3) is 0.214. The molecular weight excluding hydrogens is 927 g/mol. The van der Waals surface area contributed by atoms with Crippen LogP contribution in [0.25, 0.3) is 0 Å². The number of pyridine rings is 6. The fourth-order valence-corrected chi connectivity index (χ4v) is 5.72. The number of Topliss-reactive ketones (excluding diaryl/α,β-unsaturated/α-hetero) is 1.